The molecule has 1 fully saturated rings. The zero-order chi connectivity index (χ0) is 23.8. The molecule has 5 nitrogen and oxygen atoms in total. The Labute approximate surface area is 202 Å². The van der Waals surface area contributed by atoms with Gasteiger partial charge in [-0.25, -0.2) is 0 Å². The molecular weight excluding hydrogens is 422 g/mol. The number of carbonyl (C=O) groups excluding carboxylic acids is 2. The van der Waals surface area contributed by atoms with Gasteiger partial charge in [-0.1, -0.05) is 79.7 Å². The van der Waals surface area contributed by atoms with Gasteiger partial charge in [0.15, 0.2) is 0 Å². The van der Waals surface area contributed by atoms with Crippen LogP contribution in [0.25, 0.3) is 0 Å². The Kier molecular flexibility index (Phi) is 7.97. The quantitative estimate of drug-likeness (QED) is 0.508. The summed E-state index contributed by atoms with van der Waals surface area (Å²) in [6.07, 6.45) is 2.49. The normalized spacial score (nSPS) is 14.9. The van der Waals surface area contributed by atoms with Crippen molar-refractivity contribution in [3.05, 3.63) is 102 Å². The van der Waals surface area contributed by atoms with E-state index in [0.29, 0.717) is 12.1 Å². The minimum atomic E-state index is -0.117. The lowest BCUT2D eigenvalue weighted by molar-refractivity contribution is -0.123. The number of anilines is 1. The smallest absolute Gasteiger partial charge is 0.253 e. The van der Waals surface area contributed by atoms with Crippen LogP contribution in [-0.2, 0) is 11.3 Å². The summed E-state index contributed by atoms with van der Waals surface area (Å²) in [6, 6.07) is 27.8. The molecule has 34 heavy (non-hydrogen) atoms. The van der Waals surface area contributed by atoms with Crippen LogP contribution >= 0.6 is 0 Å². The Balaban J connectivity index is 1.34. The van der Waals surface area contributed by atoms with E-state index >= 15 is 0 Å². The van der Waals surface area contributed by atoms with E-state index in [0.717, 1.165) is 49.2 Å². The van der Waals surface area contributed by atoms with Gasteiger partial charge in [-0.2, -0.15) is 0 Å². The van der Waals surface area contributed by atoms with Crippen molar-refractivity contribution in [2.24, 2.45) is 0 Å². The number of carbonyl (C=O) groups is 2. The Bertz CT molecular complexity index is 1080. The van der Waals surface area contributed by atoms with E-state index in [1.54, 1.807) is 0 Å². The Hall–Kier alpha value is -3.60. The first-order valence-corrected chi connectivity index (χ1v) is 12.2. The highest BCUT2D eigenvalue weighted by Crippen LogP contribution is 2.25. The molecule has 1 saturated heterocycles. The second kappa shape index (κ2) is 11.5. The molecule has 5 heteroatoms. The Morgan fingerprint density at radius 2 is 1.50 bits per heavy atom. The predicted octanol–water partition coefficient (Wildman–Crippen LogP) is 4.90. The molecule has 0 bridgehead atoms. The van der Waals surface area contributed by atoms with Gasteiger partial charge in [0.05, 0.1) is 11.5 Å². The lowest BCUT2D eigenvalue weighted by Crippen LogP contribution is -2.46. The first kappa shape index (κ1) is 23.6. The molecule has 2 N–H and O–H groups in total. The van der Waals surface area contributed by atoms with Gasteiger partial charge in [0.2, 0.25) is 5.91 Å². The monoisotopic (exact) mass is 455 g/mol. The SMILES string of the molecule is CCC(C(=O)NC1CCN(c2ccccc2C(=O)NCc2ccccc2)CC1)c1ccccc1. The number of nitrogens with one attached hydrogen (secondary N) is 2. The van der Waals surface area contributed by atoms with Crippen molar-refractivity contribution >= 4 is 17.5 Å². The summed E-state index contributed by atoms with van der Waals surface area (Å²) in [5.41, 5.74) is 3.78. The van der Waals surface area contributed by atoms with E-state index in [4.69, 9.17) is 0 Å². The van der Waals surface area contributed by atoms with E-state index in [9.17, 15) is 9.59 Å². The Morgan fingerprint density at radius 3 is 2.18 bits per heavy atom. The van der Waals surface area contributed by atoms with Crippen molar-refractivity contribution in [3.8, 4) is 0 Å². The van der Waals surface area contributed by atoms with Crippen molar-refractivity contribution in [2.45, 2.75) is 44.7 Å². The fourth-order valence-electron chi connectivity index (χ4n) is 4.64. The summed E-state index contributed by atoms with van der Waals surface area (Å²) in [6.45, 7) is 4.16. The third-order valence-electron chi connectivity index (χ3n) is 6.55. The van der Waals surface area contributed by atoms with Crippen molar-refractivity contribution in [2.75, 3.05) is 18.0 Å². The average Bonchev–Trinajstić information content (AvgIpc) is 2.89. The van der Waals surface area contributed by atoms with Crippen molar-refractivity contribution < 1.29 is 9.59 Å². The van der Waals surface area contributed by atoms with Crippen LogP contribution in [0.4, 0.5) is 5.69 Å². The summed E-state index contributed by atoms with van der Waals surface area (Å²) < 4.78 is 0. The summed E-state index contributed by atoms with van der Waals surface area (Å²) in [5.74, 6) is -0.0790. The molecule has 3 aromatic rings. The standard InChI is InChI=1S/C29H33N3O2/c1-2-25(23-13-7-4-8-14-23)29(34)31-24-17-19-32(20-18-24)27-16-10-9-15-26(27)28(33)30-21-22-11-5-3-6-12-22/h3-16,24-25H,2,17-21H2,1H3,(H,30,33)(H,31,34). The summed E-state index contributed by atoms with van der Waals surface area (Å²) >= 11 is 0. The number of hydrogen-bond acceptors (Lipinski definition) is 3. The van der Waals surface area contributed by atoms with Gasteiger partial charge in [0, 0.05) is 31.4 Å². The van der Waals surface area contributed by atoms with Crippen LogP contribution in [0.15, 0.2) is 84.9 Å². The minimum Gasteiger partial charge on any atom is -0.371 e. The van der Waals surface area contributed by atoms with Gasteiger partial charge in [0.1, 0.15) is 0 Å². The zero-order valence-corrected chi connectivity index (χ0v) is 19.7. The van der Waals surface area contributed by atoms with Gasteiger partial charge in [0.25, 0.3) is 5.91 Å². The highest BCUT2D eigenvalue weighted by atomic mass is 16.2. The molecule has 1 aliphatic heterocycles. The lowest BCUT2D eigenvalue weighted by atomic mass is 9.94. The van der Waals surface area contributed by atoms with Gasteiger partial charge >= 0.3 is 0 Å². The number of amides is 2. The van der Waals surface area contributed by atoms with E-state index in [1.165, 1.54) is 0 Å². The molecule has 1 heterocycles. The van der Waals surface area contributed by atoms with Crippen LogP contribution in [0.1, 0.15) is 53.6 Å². The van der Waals surface area contributed by atoms with E-state index in [2.05, 4.69) is 22.5 Å². The van der Waals surface area contributed by atoms with Gasteiger partial charge in [-0.05, 0) is 42.5 Å². The lowest BCUT2D eigenvalue weighted by Gasteiger charge is -2.35. The third kappa shape index (κ3) is 5.84. The molecule has 0 saturated carbocycles. The number of hydrogen-bond donors (Lipinski definition) is 2. The summed E-state index contributed by atoms with van der Waals surface area (Å²) in [5, 5.41) is 6.31. The fourth-order valence-corrected chi connectivity index (χ4v) is 4.64. The molecule has 3 aromatic carbocycles. The maximum Gasteiger partial charge on any atom is 0.253 e. The molecule has 1 atom stereocenters. The third-order valence-corrected chi connectivity index (χ3v) is 6.55. The topological polar surface area (TPSA) is 61.4 Å². The minimum absolute atomic E-state index is 0.0662. The van der Waals surface area contributed by atoms with E-state index in [1.807, 2.05) is 84.9 Å². The predicted molar refractivity (Wildman–Crippen MR) is 137 cm³/mol. The van der Waals surface area contributed by atoms with Crippen molar-refractivity contribution in [1.29, 1.82) is 0 Å². The fraction of sp³-hybridized carbons (Fsp3) is 0.310. The largest absolute Gasteiger partial charge is 0.371 e. The van der Waals surface area contributed by atoms with Crippen LogP contribution < -0.4 is 15.5 Å². The van der Waals surface area contributed by atoms with Crippen LogP contribution in [0.3, 0.4) is 0 Å². The second-order valence-electron chi connectivity index (χ2n) is 8.83. The number of rotatable bonds is 8. The summed E-state index contributed by atoms with van der Waals surface area (Å²) in [4.78, 5) is 28.1. The first-order chi connectivity index (χ1) is 16.7. The molecular formula is C29H33N3O2. The maximum absolute atomic E-state index is 12.9. The van der Waals surface area contributed by atoms with Gasteiger partial charge in [-0.3, -0.25) is 9.59 Å². The molecule has 1 unspecified atom stereocenters. The molecule has 0 aliphatic carbocycles. The van der Waals surface area contributed by atoms with Crippen LogP contribution in [-0.4, -0.2) is 30.9 Å². The molecule has 176 valence electrons. The molecule has 4 rings (SSSR count). The maximum atomic E-state index is 12.9. The van der Waals surface area contributed by atoms with E-state index < -0.39 is 0 Å². The molecule has 0 spiro atoms. The molecule has 0 radical (unpaired) electrons. The second-order valence-corrected chi connectivity index (χ2v) is 8.83. The van der Waals surface area contributed by atoms with Crippen LogP contribution in [0.5, 0.6) is 0 Å². The van der Waals surface area contributed by atoms with E-state index in [-0.39, 0.29) is 23.8 Å². The molecule has 0 aromatic heterocycles. The van der Waals surface area contributed by atoms with Crippen molar-refractivity contribution in [3.63, 3.8) is 0 Å². The van der Waals surface area contributed by atoms with Gasteiger partial charge in [-0.15, -0.1) is 0 Å². The number of benzene rings is 3. The molecule has 1 aliphatic rings. The Morgan fingerprint density at radius 1 is 0.882 bits per heavy atom. The molecule has 2 amide bonds. The van der Waals surface area contributed by atoms with Crippen LogP contribution in [0.2, 0.25) is 0 Å². The zero-order valence-electron chi connectivity index (χ0n) is 19.7. The number of para-hydroxylation sites is 1. The average molecular weight is 456 g/mol. The highest BCUT2D eigenvalue weighted by molar-refractivity contribution is 5.99. The highest BCUT2D eigenvalue weighted by Gasteiger charge is 2.26. The first-order valence-electron chi connectivity index (χ1n) is 12.2. The van der Waals surface area contributed by atoms with Crippen molar-refractivity contribution in [1.82, 2.24) is 10.6 Å². The summed E-state index contributed by atoms with van der Waals surface area (Å²) in [7, 11) is 0. The number of piperidine rings is 1. The number of nitrogens with zero attached hydrogens (tertiary/aromatic N) is 1. The van der Waals surface area contributed by atoms with Gasteiger partial charge < -0.3 is 15.5 Å². The van der Waals surface area contributed by atoms with Crippen LogP contribution in [0, 0.1) is 0 Å².